The average Bonchev–Trinajstić information content (AvgIpc) is 3.09. The highest BCUT2D eigenvalue weighted by Crippen LogP contribution is 2.32. The van der Waals surface area contributed by atoms with Crippen LogP contribution >= 0.6 is 45.2 Å². The predicted octanol–water partition coefficient (Wildman–Crippen LogP) is 4.22. The quantitative estimate of drug-likeness (QED) is 0.629. The number of phenolic OH excluding ortho intramolecular Hbond substituents is 1. The molecule has 2 nitrogen and oxygen atoms in total. The fourth-order valence-electron chi connectivity index (χ4n) is 2.20. The van der Waals surface area contributed by atoms with E-state index in [2.05, 4.69) is 63.1 Å². The zero-order chi connectivity index (χ0) is 13.1. The van der Waals surface area contributed by atoms with Gasteiger partial charge in [0.25, 0.3) is 0 Å². The van der Waals surface area contributed by atoms with Gasteiger partial charge in [-0.05, 0) is 89.0 Å². The molecular weight excluding hydrogens is 452 g/mol. The van der Waals surface area contributed by atoms with Crippen LogP contribution in [0, 0.1) is 13.1 Å². The van der Waals surface area contributed by atoms with Crippen LogP contribution in [0.15, 0.2) is 12.1 Å². The SMILES string of the molecule is CCCN(Cc1cc(I)cc(I)c1O)CC1CC1. The van der Waals surface area contributed by atoms with Crippen molar-refractivity contribution in [3.05, 3.63) is 24.8 Å². The second-order valence-electron chi connectivity index (χ2n) is 5.07. The Hall–Kier alpha value is 0.440. The molecule has 1 aromatic carbocycles. The fourth-order valence-corrected chi connectivity index (χ4v) is 4.16. The molecule has 0 heterocycles. The number of rotatable bonds is 6. The van der Waals surface area contributed by atoms with E-state index in [1.165, 1.54) is 29.4 Å². The van der Waals surface area contributed by atoms with Gasteiger partial charge in [0.05, 0.1) is 3.57 Å². The Morgan fingerprint density at radius 1 is 1.33 bits per heavy atom. The van der Waals surface area contributed by atoms with Crippen LogP contribution in [-0.4, -0.2) is 23.1 Å². The zero-order valence-electron chi connectivity index (χ0n) is 10.6. The summed E-state index contributed by atoms with van der Waals surface area (Å²) < 4.78 is 2.16. The Morgan fingerprint density at radius 3 is 2.67 bits per heavy atom. The van der Waals surface area contributed by atoms with Crippen LogP contribution in [0.3, 0.4) is 0 Å². The molecule has 0 unspecified atom stereocenters. The van der Waals surface area contributed by atoms with Crippen LogP contribution in [0.5, 0.6) is 5.75 Å². The molecule has 1 aromatic rings. The summed E-state index contributed by atoms with van der Waals surface area (Å²) in [7, 11) is 0. The van der Waals surface area contributed by atoms with Gasteiger partial charge >= 0.3 is 0 Å². The largest absolute Gasteiger partial charge is 0.507 e. The summed E-state index contributed by atoms with van der Waals surface area (Å²) in [5.41, 5.74) is 1.07. The molecule has 1 aliphatic carbocycles. The molecule has 100 valence electrons. The maximum atomic E-state index is 10.2. The first-order chi connectivity index (χ1) is 8.60. The number of nitrogens with zero attached hydrogens (tertiary/aromatic N) is 1. The fraction of sp³-hybridized carbons (Fsp3) is 0.571. The van der Waals surface area contributed by atoms with Gasteiger partial charge in [-0.3, -0.25) is 4.90 Å². The van der Waals surface area contributed by atoms with Crippen molar-refractivity contribution >= 4 is 45.2 Å². The van der Waals surface area contributed by atoms with Crippen LogP contribution < -0.4 is 0 Å². The summed E-state index contributed by atoms with van der Waals surface area (Å²) in [6, 6.07) is 4.12. The van der Waals surface area contributed by atoms with Crippen molar-refractivity contribution in [3.8, 4) is 5.75 Å². The normalized spacial score (nSPS) is 15.3. The van der Waals surface area contributed by atoms with Gasteiger partial charge in [0.2, 0.25) is 0 Å². The van der Waals surface area contributed by atoms with E-state index >= 15 is 0 Å². The van der Waals surface area contributed by atoms with Crippen LogP contribution in [0.2, 0.25) is 0 Å². The lowest BCUT2D eigenvalue weighted by Crippen LogP contribution is -2.26. The van der Waals surface area contributed by atoms with Gasteiger partial charge in [-0.25, -0.2) is 0 Å². The third kappa shape index (κ3) is 4.23. The molecule has 2 rings (SSSR count). The van der Waals surface area contributed by atoms with Gasteiger partial charge < -0.3 is 5.11 Å². The molecule has 0 aliphatic heterocycles. The minimum atomic E-state index is 0.466. The molecule has 1 N–H and O–H groups in total. The zero-order valence-corrected chi connectivity index (χ0v) is 14.9. The van der Waals surface area contributed by atoms with E-state index in [1.807, 2.05) is 6.07 Å². The van der Waals surface area contributed by atoms with Crippen LogP contribution in [0.4, 0.5) is 0 Å². The first kappa shape index (κ1) is 14.8. The minimum Gasteiger partial charge on any atom is -0.507 e. The number of benzene rings is 1. The Bertz CT molecular complexity index is 419. The van der Waals surface area contributed by atoms with Crippen molar-refractivity contribution in [3.63, 3.8) is 0 Å². The first-order valence-corrected chi connectivity index (χ1v) is 8.65. The molecule has 0 saturated heterocycles. The number of phenols is 1. The highest BCUT2D eigenvalue weighted by molar-refractivity contribution is 14.1. The van der Waals surface area contributed by atoms with E-state index in [9.17, 15) is 5.11 Å². The minimum absolute atomic E-state index is 0.466. The molecular formula is C14H19I2NO. The van der Waals surface area contributed by atoms with E-state index in [0.29, 0.717) is 5.75 Å². The summed E-state index contributed by atoms with van der Waals surface area (Å²) in [6.07, 6.45) is 3.95. The smallest absolute Gasteiger partial charge is 0.133 e. The molecule has 1 saturated carbocycles. The Labute approximate surface area is 136 Å². The summed E-state index contributed by atoms with van der Waals surface area (Å²) in [6.45, 7) is 5.41. The summed E-state index contributed by atoms with van der Waals surface area (Å²) in [5, 5.41) is 10.2. The highest BCUT2D eigenvalue weighted by atomic mass is 127. The highest BCUT2D eigenvalue weighted by Gasteiger charge is 2.24. The van der Waals surface area contributed by atoms with Crippen LogP contribution in [-0.2, 0) is 6.54 Å². The third-order valence-electron chi connectivity index (χ3n) is 3.25. The second kappa shape index (κ2) is 6.74. The molecule has 0 radical (unpaired) electrons. The Kier molecular flexibility index (Phi) is 5.56. The molecule has 1 fully saturated rings. The van der Waals surface area contributed by atoms with Crippen molar-refractivity contribution in [1.29, 1.82) is 0 Å². The van der Waals surface area contributed by atoms with Gasteiger partial charge in [0.15, 0.2) is 0 Å². The molecule has 0 bridgehead atoms. The van der Waals surface area contributed by atoms with Crippen molar-refractivity contribution < 1.29 is 5.11 Å². The maximum absolute atomic E-state index is 10.2. The van der Waals surface area contributed by atoms with Crippen molar-refractivity contribution in [1.82, 2.24) is 4.90 Å². The Morgan fingerprint density at radius 2 is 2.06 bits per heavy atom. The van der Waals surface area contributed by atoms with E-state index < -0.39 is 0 Å². The van der Waals surface area contributed by atoms with Crippen LogP contribution in [0.1, 0.15) is 31.7 Å². The van der Waals surface area contributed by atoms with Gasteiger partial charge in [0, 0.05) is 22.2 Å². The summed E-state index contributed by atoms with van der Waals surface area (Å²) >= 11 is 4.53. The van der Waals surface area contributed by atoms with Crippen molar-refractivity contribution in [2.75, 3.05) is 13.1 Å². The average molecular weight is 471 g/mol. The monoisotopic (exact) mass is 471 g/mol. The first-order valence-electron chi connectivity index (χ1n) is 6.49. The third-order valence-corrected chi connectivity index (χ3v) is 4.70. The van der Waals surface area contributed by atoms with Gasteiger partial charge in [-0.2, -0.15) is 0 Å². The van der Waals surface area contributed by atoms with Crippen LogP contribution in [0.25, 0.3) is 0 Å². The summed E-state index contributed by atoms with van der Waals surface area (Å²) in [4.78, 5) is 2.48. The number of halogens is 2. The maximum Gasteiger partial charge on any atom is 0.133 e. The lowest BCUT2D eigenvalue weighted by molar-refractivity contribution is 0.251. The molecule has 18 heavy (non-hydrogen) atoms. The standard InChI is InChI=1S/C14H19I2NO/c1-2-5-17(8-10-3-4-10)9-11-6-12(15)7-13(16)14(11)18/h6-7,10,18H,2-5,8-9H2,1H3. The molecule has 0 amide bonds. The number of hydrogen-bond acceptors (Lipinski definition) is 2. The van der Waals surface area contributed by atoms with E-state index in [-0.39, 0.29) is 0 Å². The predicted molar refractivity (Wildman–Crippen MR) is 91.8 cm³/mol. The molecule has 1 aliphatic rings. The topological polar surface area (TPSA) is 23.5 Å². The molecule has 0 aromatic heterocycles. The molecule has 4 heteroatoms. The lowest BCUT2D eigenvalue weighted by atomic mass is 10.1. The van der Waals surface area contributed by atoms with Gasteiger partial charge in [-0.1, -0.05) is 6.92 Å². The molecule has 0 spiro atoms. The van der Waals surface area contributed by atoms with Crippen molar-refractivity contribution in [2.24, 2.45) is 5.92 Å². The molecule has 0 atom stereocenters. The lowest BCUT2D eigenvalue weighted by Gasteiger charge is -2.22. The van der Waals surface area contributed by atoms with Crippen molar-refractivity contribution in [2.45, 2.75) is 32.7 Å². The summed E-state index contributed by atoms with van der Waals surface area (Å²) in [5.74, 6) is 1.37. The van der Waals surface area contributed by atoms with Gasteiger partial charge in [0.1, 0.15) is 5.75 Å². The van der Waals surface area contributed by atoms with E-state index in [0.717, 1.165) is 28.1 Å². The van der Waals surface area contributed by atoms with Gasteiger partial charge in [-0.15, -0.1) is 0 Å². The number of hydrogen-bond donors (Lipinski definition) is 1. The Balaban J connectivity index is 2.09. The van der Waals surface area contributed by atoms with E-state index in [4.69, 9.17) is 0 Å². The second-order valence-corrected chi connectivity index (χ2v) is 7.48. The number of aromatic hydroxyl groups is 1. The van der Waals surface area contributed by atoms with E-state index in [1.54, 1.807) is 0 Å².